The summed E-state index contributed by atoms with van der Waals surface area (Å²) < 4.78 is 0. The van der Waals surface area contributed by atoms with Crippen molar-refractivity contribution in [1.29, 1.82) is 0 Å². The van der Waals surface area contributed by atoms with Gasteiger partial charge >= 0.3 is 0 Å². The van der Waals surface area contributed by atoms with Gasteiger partial charge in [0.05, 0.1) is 10.7 Å². The number of nitrogens with one attached hydrogen (secondary N) is 1. The molecule has 1 aromatic rings. The number of hydrogen-bond donors (Lipinski definition) is 2. The molecule has 1 amide bonds. The highest BCUT2D eigenvalue weighted by atomic mass is 32.2. The molecule has 0 aliphatic heterocycles. The van der Waals surface area contributed by atoms with Crippen LogP contribution in [0.1, 0.15) is 5.56 Å². The van der Waals surface area contributed by atoms with Crippen molar-refractivity contribution in [2.24, 2.45) is 5.73 Å². The fourth-order valence-corrected chi connectivity index (χ4v) is 2.08. The number of rotatable bonds is 6. The third-order valence-electron chi connectivity index (χ3n) is 2.07. The fourth-order valence-electron chi connectivity index (χ4n) is 1.32. The number of non-ortho nitro benzene ring substituents is 1. The van der Waals surface area contributed by atoms with Gasteiger partial charge in [0.15, 0.2) is 0 Å². The Morgan fingerprint density at radius 1 is 1.59 bits per heavy atom. The summed E-state index contributed by atoms with van der Waals surface area (Å²) in [6, 6.07) is 4.59. The van der Waals surface area contributed by atoms with Gasteiger partial charge in [-0.3, -0.25) is 14.9 Å². The van der Waals surface area contributed by atoms with Gasteiger partial charge in [-0.05, 0) is 11.6 Å². The van der Waals surface area contributed by atoms with E-state index >= 15 is 0 Å². The number of nitrogens with zero attached hydrogens (tertiary/aromatic N) is 1. The molecule has 0 saturated heterocycles. The van der Waals surface area contributed by atoms with Crippen molar-refractivity contribution < 1.29 is 9.72 Å². The van der Waals surface area contributed by atoms with Crippen LogP contribution < -0.4 is 11.1 Å². The van der Waals surface area contributed by atoms with E-state index in [-0.39, 0.29) is 11.4 Å². The Morgan fingerprint density at radius 3 is 2.82 bits per heavy atom. The number of carbonyl (C=O) groups excluding carboxylic acids is 1. The lowest BCUT2D eigenvalue weighted by Gasteiger charge is -2.08. The van der Waals surface area contributed by atoms with Gasteiger partial charge in [-0.2, -0.15) is 0 Å². The highest BCUT2D eigenvalue weighted by Gasteiger charge is 2.10. The number of nitrogens with two attached hydrogens (primary N) is 1. The number of hydrogen-bond acceptors (Lipinski definition) is 5. The molecule has 0 saturated carbocycles. The first-order chi connectivity index (χ1) is 8.04. The van der Waals surface area contributed by atoms with Crippen molar-refractivity contribution in [2.75, 3.05) is 18.1 Å². The van der Waals surface area contributed by atoms with Gasteiger partial charge in [0, 0.05) is 30.6 Å². The minimum Gasteiger partial charge on any atom is -0.388 e. The minimum atomic E-state index is -0.443. The van der Waals surface area contributed by atoms with Crippen LogP contribution >= 0.6 is 11.8 Å². The molecule has 7 heteroatoms. The molecule has 17 heavy (non-hydrogen) atoms. The molecule has 0 aliphatic rings. The summed E-state index contributed by atoms with van der Waals surface area (Å²) in [6.07, 6.45) is 0. The minimum absolute atomic E-state index is 0.0404. The maximum Gasteiger partial charge on any atom is 0.269 e. The summed E-state index contributed by atoms with van der Waals surface area (Å²) >= 11 is 1.33. The Bertz CT molecular complexity index is 437. The second kappa shape index (κ2) is 6.09. The Hall–Kier alpha value is -1.76. The van der Waals surface area contributed by atoms with Gasteiger partial charge in [-0.25, -0.2) is 0 Å². The Labute approximate surface area is 103 Å². The van der Waals surface area contributed by atoms with Crippen LogP contribution in [0.5, 0.6) is 0 Å². The number of anilines is 1. The maximum absolute atomic E-state index is 10.6. The number of nitro groups is 1. The van der Waals surface area contributed by atoms with Gasteiger partial charge in [-0.1, -0.05) is 0 Å². The number of benzene rings is 1. The monoisotopic (exact) mass is 255 g/mol. The molecule has 0 aliphatic carbocycles. The molecular formula is C10H13N3O3S. The molecule has 0 atom stereocenters. The highest BCUT2D eigenvalue weighted by Crippen LogP contribution is 2.25. The summed E-state index contributed by atoms with van der Waals surface area (Å²) in [7, 11) is 1.74. The lowest BCUT2D eigenvalue weighted by molar-refractivity contribution is -0.384. The maximum atomic E-state index is 10.6. The summed E-state index contributed by atoms with van der Waals surface area (Å²) in [5, 5.41) is 13.6. The van der Waals surface area contributed by atoms with Crippen LogP contribution in [0.15, 0.2) is 18.2 Å². The van der Waals surface area contributed by atoms with Crippen molar-refractivity contribution in [3.05, 3.63) is 33.9 Å². The zero-order valence-electron chi connectivity index (χ0n) is 9.30. The number of carbonyl (C=O) groups is 1. The van der Waals surface area contributed by atoms with Crippen molar-refractivity contribution in [2.45, 2.75) is 5.75 Å². The number of amides is 1. The van der Waals surface area contributed by atoms with E-state index < -0.39 is 10.8 Å². The van der Waals surface area contributed by atoms with E-state index in [4.69, 9.17) is 5.73 Å². The Balaban J connectivity index is 2.82. The molecule has 0 fully saturated rings. The Morgan fingerprint density at radius 2 is 2.29 bits per heavy atom. The van der Waals surface area contributed by atoms with Crippen LogP contribution in [-0.4, -0.2) is 23.6 Å². The second-order valence-electron chi connectivity index (χ2n) is 3.31. The summed E-state index contributed by atoms with van der Waals surface area (Å²) in [6.45, 7) is 0. The number of thioether (sulfide) groups is 1. The average Bonchev–Trinajstić information content (AvgIpc) is 2.28. The average molecular weight is 255 g/mol. The predicted molar refractivity (Wildman–Crippen MR) is 68.0 cm³/mol. The molecule has 0 unspecified atom stereocenters. The zero-order valence-corrected chi connectivity index (χ0v) is 10.1. The molecule has 1 aromatic carbocycles. The van der Waals surface area contributed by atoms with Crippen LogP contribution in [0.3, 0.4) is 0 Å². The van der Waals surface area contributed by atoms with Gasteiger partial charge in [-0.15, -0.1) is 11.8 Å². The highest BCUT2D eigenvalue weighted by molar-refractivity contribution is 7.99. The van der Waals surface area contributed by atoms with E-state index in [9.17, 15) is 14.9 Å². The normalized spacial score (nSPS) is 9.94. The summed E-state index contributed by atoms with van der Waals surface area (Å²) in [4.78, 5) is 20.8. The standard InChI is InChI=1S/C10H13N3O3S/c1-12-9-3-2-8(13(15)16)4-7(9)5-17-6-10(11)14/h2-4,12H,5-6H2,1H3,(H2,11,14). The largest absolute Gasteiger partial charge is 0.388 e. The van der Waals surface area contributed by atoms with Gasteiger partial charge < -0.3 is 11.1 Å². The molecule has 0 spiro atoms. The quantitative estimate of drug-likeness (QED) is 0.590. The second-order valence-corrected chi connectivity index (χ2v) is 4.29. The van der Waals surface area contributed by atoms with E-state index in [0.29, 0.717) is 5.75 Å². The number of primary amides is 1. The molecule has 1 rings (SSSR count). The van der Waals surface area contributed by atoms with E-state index in [2.05, 4.69) is 5.32 Å². The molecule has 0 heterocycles. The van der Waals surface area contributed by atoms with E-state index in [1.54, 1.807) is 13.1 Å². The lowest BCUT2D eigenvalue weighted by atomic mass is 10.2. The predicted octanol–water partition coefficient (Wildman–Crippen LogP) is 1.35. The first-order valence-corrected chi connectivity index (χ1v) is 6.01. The molecule has 92 valence electrons. The lowest BCUT2D eigenvalue weighted by Crippen LogP contribution is -2.13. The van der Waals surface area contributed by atoms with Crippen LogP contribution in [0, 0.1) is 10.1 Å². The SMILES string of the molecule is CNc1ccc([N+](=O)[O-])cc1CSCC(N)=O. The van der Waals surface area contributed by atoms with Gasteiger partial charge in [0.1, 0.15) is 0 Å². The van der Waals surface area contributed by atoms with Gasteiger partial charge in [0.25, 0.3) is 5.69 Å². The third kappa shape index (κ3) is 3.95. The van der Waals surface area contributed by atoms with Crippen LogP contribution in [0.2, 0.25) is 0 Å². The number of nitro benzene ring substituents is 1. The van der Waals surface area contributed by atoms with Crippen LogP contribution in [0.25, 0.3) is 0 Å². The Kier molecular flexibility index (Phi) is 4.77. The summed E-state index contributed by atoms with van der Waals surface area (Å²) in [5.41, 5.74) is 6.66. The van der Waals surface area contributed by atoms with Crippen LogP contribution in [0.4, 0.5) is 11.4 Å². The van der Waals surface area contributed by atoms with Gasteiger partial charge in [0.2, 0.25) is 5.91 Å². The summed E-state index contributed by atoms with van der Waals surface area (Å²) in [5.74, 6) is 0.304. The van der Waals surface area contributed by atoms with Crippen molar-refractivity contribution in [3.63, 3.8) is 0 Å². The van der Waals surface area contributed by atoms with Crippen molar-refractivity contribution >= 4 is 29.0 Å². The third-order valence-corrected chi connectivity index (χ3v) is 3.07. The van der Waals surface area contributed by atoms with E-state index in [1.165, 1.54) is 23.9 Å². The fraction of sp³-hybridized carbons (Fsp3) is 0.300. The molecule has 0 radical (unpaired) electrons. The molecule has 6 nitrogen and oxygen atoms in total. The van der Waals surface area contributed by atoms with E-state index in [0.717, 1.165) is 11.3 Å². The van der Waals surface area contributed by atoms with Crippen molar-refractivity contribution in [1.82, 2.24) is 0 Å². The first kappa shape index (κ1) is 13.3. The molecular weight excluding hydrogens is 242 g/mol. The molecule has 3 N–H and O–H groups in total. The zero-order chi connectivity index (χ0) is 12.8. The first-order valence-electron chi connectivity index (χ1n) is 4.85. The van der Waals surface area contributed by atoms with Crippen LogP contribution in [-0.2, 0) is 10.5 Å². The smallest absolute Gasteiger partial charge is 0.269 e. The molecule has 0 bridgehead atoms. The topological polar surface area (TPSA) is 98.3 Å². The van der Waals surface area contributed by atoms with E-state index in [1.807, 2.05) is 0 Å². The van der Waals surface area contributed by atoms with Crippen molar-refractivity contribution in [3.8, 4) is 0 Å². The molecule has 0 aromatic heterocycles.